The topological polar surface area (TPSA) is 40.1 Å². The van der Waals surface area contributed by atoms with Crippen molar-refractivity contribution in [1.29, 1.82) is 0 Å². The Morgan fingerprint density at radius 3 is 2.46 bits per heavy atom. The number of nitrogens with one attached hydrogen (secondary N) is 1. The number of piperazine rings is 1. The Balaban J connectivity index is 1.89. The molecule has 1 saturated heterocycles. The van der Waals surface area contributed by atoms with E-state index in [-0.39, 0.29) is 0 Å². The van der Waals surface area contributed by atoms with Crippen LogP contribution in [0.4, 0.5) is 13.2 Å². The summed E-state index contributed by atoms with van der Waals surface area (Å²) in [6.45, 7) is 3.50. The van der Waals surface area contributed by atoms with Gasteiger partial charge in [-0.2, -0.15) is 13.2 Å². The summed E-state index contributed by atoms with van der Waals surface area (Å²) in [7, 11) is 3.29. The summed E-state index contributed by atoms with van der Waals surface area (Å²) in [5.74, 6) is 1.45. The molecule has 0 saturated carbocycles. The molecule has 1 N–H and O–H groups in total. The number of alkyl halides is 3. The first-order valence-corrected chi connectivity index (χ1v) is 9.14. The number of ether oxygens (including phenoxy) is 1. The van der Waals surface area contributed by atoms with Crippen molar-refractivity contribution in [2.45, 2.75) is 25.7 Å². The molecule has 0 radical (unpaired) electrons. The van der Waals surface area contributed by atoms with Gasteiger partial charge < -0.3 is 15.0 Å². The summed E-state index contributed by atoms with van der Waals surface area (Å²) in [6, 6.07) is 4.37. The summed E-state index contributed by atoms with van der Waals surface area (Å²) in [5.41, 5.74) is 1.04. The van der Waals surface area contributed by atoms with Crippen molar-refractivity contribution in [1.82, 2.24) is 15.1 Å². The van der Waals surface area contributed by atoms with E-state index in [1.54, 1.807) is 14.2 Å². The number of nitrogens with zero attached hydrogens (tertiary/aromatic N) is 3. The highest BCUT2D eigenvalue weighted by atomic mass is 79.9. The first kappa shape index (κ1) is 20.8. The van der Waals surface area contributed by atoms with Crippen LogP contribution in [0, 0.1) is 0 Å². The predicted molar refractivity (Wildman–Crippen MR) is 99.6 cm³/mol. The molecule has 0 aliphatic carbocycles. The molecule has 9 heteroatoms. The average Bonchev–Trinajstić information content (AvgIpc) is 2.61. The molecule has 0 spiro atoms. The molecule has 1 atom stereocenters. The second-order valence-electron chi connectivity index (χ2n) is 6.11. The smallest absolute Gasteiger partial charge is 0.403 e. The maximum absolute atomic E-state index is 12.8. The van der Waals surface area contributed by atoms with E-state index < -0.39 is 12.2 Å². The SMILES string of the molecule is CN=C(NCc1ccc(OC)c(Br)c1)N1CCN(C(C)C(F)(F)F)CC1. The van der Waals surface area contributed by atoms with Crippen molar-refractivity contribution >= 4 is 21.9 Å². The standard InChI is InChI=1S/C17H24BrF3N4O/c1-12(17(19,20)21)24-6-8-25(9-7-24)16(22-2)23-11-13-4-5-15(26-3)14(18)10-13/h4-5,10,12H,6-9,11H2,1-3H3,(H,22,23). The van der Waals surface area contributed by atoms with Crippen molar-refractivity contribution in [3.63, 3.8) is 0 Å². The molecular weight excluding hydrogens is 413 g/mol. The van der Waals surface area contributed by atoms with Crippen LogP contribution in [-0.2, 0) is 6.54 Å². The fourth-order valence-corrected chi connectivity index (χ4v) is 3.45. The van der Waals surface area contributed by atoms with Crippen LogP contribution in [-0.4, -0.2) is 68.3 Å². The number of methoxy groups -OCH3 is 1. The van der Waals surface area contributed by atoms with Crippen LogP contribution in [0.15, 0.2) is 27.7 Å². The Bertz CT molecular complexity index is 631. The zero-order valence-corrected chi connectivity index (χ0v) is 16.7. The van der Waals surface area contributed by atoms with E-state index in [1.165, 1.54) is 11.8 Å². The Morgan fingerprint density at radius 2 is 1.96 bits per heavy atom. The second kappa shape index (κ2) is 8.94. The molecule has 5 nitrogen and oxygen atoms in total. The van der Waals surface area contributed by atoms with Crippen molar-refractivity contribution in [3.8, 4) is 5.75 Å². The highest BCUT2D eigenvalue weighted by molar-refractivity contribution is 9.10. The Labute approximate surface area is 160 Å². The molecule has 0 bridgehead atoms. The van der Waals surface area contributed by atoms with Crippen LogP contribution in [0.2, 0.25) is 0 Å². The average molecular weight is 437 g/mol. The predicted octanol–water partition coefficient (Wildman–Crippen LogP) is 3.10. The second-order valence-corrected chi connectivity index (χ2v) is 6.96. The normalized spacial score (nSPS) is 18.0. The molecule has 1 aliphatic rings. The van der Waals surface area contributed by atoms with E-state index in [0.717, 1.165) is 15.8 Å². The van der Waals surface area contributed by atoms with Crippen molar-refractivity contribution in [2.75, 3.05) is 40.3 Å². The first-order chi connectivity index (χ1) is 12.3. The lowest BCUT2D eigenvalue weighted by Gasteiger charge is -2.39. The van der Waals surface area contributed by atoms with Gasteiger partial charge in [0, 0.05) is 39.8 Å². The molecule has 146 valence electrons. The molecule has 1 aliphatic heterocycles. The van der Waals surface area contributed by atoms with Gasteiger partial charge in [0.2, 0.25) is 0 Å². The van der Waals surface area contributed by atoms with Crippen molar-refractivity contribution < 1.29 is 17.9 Å². The lowest BCUT2D eigenvalue weighted by molar-refractivity contribution is -0.181. The molecule has 0 aromatic heterocycles. The molecule has 1 fully saturated rings. The summed E-state index contributed by atoms with van der Waals surface area (Å²) < 4.78 is 44.6. The Hall–Kier alpha value is -1.48. The van der Waals surface area contributed by atoms with Crippen LogP contribution < -0.4 is 10.1 Å². The summed E-state index contributed by atoms with van der Waals surface area (Å²) in [4.78, 5) is 7.70. The van der Waals surface area contributed by atoms with E-state index in [2.05, 4.69) is 26.2 Å². The van der Waals surface area contributed by atoms with E-state index in [0.29, 0.717) is 38.7 Å². The van der Waals surface area contributed by atoms with Gasteiger partial charge in [0.15, 0.2) is 5.96 Å². The third-order valence-corrected chi connectivity index (χ3v) is 5.13. The van der Waals surface area contributed by atoms with E-state index in [1.807, 2.05) is 23.1 Å². The highest BCUT2D eigenvalue weighted by Crippen LogP contribution is 2.26. The third-order valence-electron chi connectivity index (χ3n) is 4.51. The van der Waals surface area contributed by atoms with Crippen LogP contribution in [0.25, 0.3) is 0 Å². The van der Waals surface area contributed by atoms with Crippen molar-refractivity contribution in [3.05, 3.63) is 28.2 Å². The minimum absolute atomic E-state index is 0.357. The zero-order chi connectivity index (χ0) is 19.3. The minimum atomic E-state index is -4.19. The Morgan fingerprint density at radius 1 is 1.31 bits per heavy atom. The fourth-order valence-electron chi connectivity index (χ4n) is 2.86. The van der Waals surface area contributed by atoms with Crippen LogP contribution in [0.1, 0.15) is 12.5 Å². The number of hydrogen-bond donors (Lipinski definition) is 1. The van der Waals surface area contributed by atoms with E-state index in [4.69, 9.17) is 4.74 Å². The van der Waals surface area contributed by atoms with Gasteiger partial charge in [-0.3, -0.25) is 9.89 Å². The molecular formula is C17H24BrF3N4O. The number of halogens is 4. The van der Waals surface area contributed by atoms with Gasteiger partial charge in [-0.25, -0.2) is 0 Å². The number of benzene rings is 1. The molecule has 1 heterocycles. The lowest BCUT2D eigenvalue weighted by atomic mass is 10.2. The maximum atomic E-state index is 12.8. The van der Waals surface area contributed by atoms with Crippen LogP contribution in [0.5, 0.6) is 5.75 Å². The van der Waals surface area contributed by atoms with Crippen LogP contribution in [0.3, 0.4) is 0 Å². The van der Waals surface area contributed by atoms with Crippen molar-refractivity contribution in [2.24, 2.45) is 4.99 Å². The lowest BCUT2D eigenvalue weighted by Crippen LogP contribution is -2.56. The third kappa shape index (κ3) is 5.26. The number of hydrogen-bond acceptors (Lipinski definition) is 3. The maximum Gasteiger partial charge on any atom is 0.403 e. The Kier molecular flexibility index (Phi) is 7.16. The van der Waals surface area contributed by atoms with Gasteiger partial charge >= 0.3 is 6.18 Å². The zero-order valence-electron chi connectivity index (χ0n) is 15.1. The number of rotatable bonds is 4. The van der Waals surface area contributed by atoms with E-state index in [9.17, 15) is 13.2 Å². The quantitative estimate of drug-likeness (QED) is 0.581. The highest BCUT2D eigenvalue weighted by Gasteiger charge is 2.41. The van der Waals surface area contributed by atoms with Gasteiger partial charge in [-0.15, -0.1) is 0 Å². The molecule has 1 unspecified atom stereocenters. The van der Waals surface area contributed by atoms with Crippen LogP contribution >= 0.6 is 15.9 Å². The molecule has 1 aromatic rings. The first-order valence-electron chi connectivity index (χ1n) is 8.35. The largest absolute Gasteiger partial charge is 0.496 e. The minimum Gasteiger partial charge on any atom is -0.496 e. The molecule has 26 heavy (non-hydrogen) atoms. The van der Waals surface area contributed by atoms with Gasteiger partial charge in [0.1, 0.15) is 11.8 Å². The molecule has 0 amide bonds. The van der Waals surface area contributed by atoms with E-state index >= 15 is 0 Å². The van der Waals surface area contributed by atoms with Gasteiger partial charge in [0.25, 0.3) is 0 Å². The summed E-state index contributed by atoms with van der Waals surface area (Å²) in [6.07, 6.45) is -4.19. The van der Waals surface area contributed by atoms with Gasteiger partial charge in [-0.05, 0) is 40.5 Å². The molecule has 1 aromatic carbocycles. The number of aliphatic imine (C=N–C) groups is 1. The molecule has 2 rings (SSSR count). The fraction of sp³-hybridized carbons (Fsp3) is 0.588. The van der Waals surface area contributed by atoms with Gasteiger partial charge in [-0.1, -0.05) is 6.07 Å². The summed E-state index contributed by atoms with van der Waals surface area (Å²) >= 11 is 3.45. The van der Waals surface area contributed by atoms with Gasteiger partial charge in [0.05, 0.1) is 11.6 Å². The summed E-state index contributed by atoms with van der Waals surface area (Å²) in [5, 5.41) is 3.27. The monoisotopic (exact) mass is 436 g/mol. The number of guanidine groups is 1.